The first-order chi connectivity index (χ1) is 10.9. The molecule has 0 saturated heterocycles. The molecule has 3 N–H and O–H groups in total. The van der Waals surface area contributed by atoms with Crippen LogP contribution in [0.25, 0.3) is 0 Å². The molecule has 7 nitrogen and oxygen atoms in total. The minimum atomic E-state index is -3.95. The Balaban J connectivity index is 2.10. The van der Waals surface area contributed by atoms with Crippen LogP contribution in [-0.2, 0) is 10.0 Å². The topological polar surface area (TPSA) is 104 Å². The van der Waals surface area contributed by atoms with E-state index in [0.29, 0.717) is 11.3 Å². The van der Waals surface area contributed by atoms with Crippen molar-refractivity contribution in [2.45, 2.75) is 4.90 Å². The number of rotatable bonds is 4. The van der Waals surface area contributed by atoms with Gasteiger partial charge in [-0.1, -0.05) is 24.3 Å². The lowest BCUT2D eigenvalue weighted by Crippen LogP contribution is -2.34. The number of benzene rings is 2. The molecule has 8 heteroatoms. The van der Waals surface area contributed by atoms with Crippen LogP contribution < -0.4 is 15.4 Å². The molecule has 0 saturated carbocycles. The standard InChI is InChI=1S/C15H15N3O4S/c1-16-14(19)11-6-5-7-12(10-11)17-15(20)18-23(21,22)13-8-3-2-4-9-13/h2-10H,1H3,(H,16,19)(H2,17,18,20). The zero-order chi connectivity index (χ0) is 16.9. The minimum absolute atomic E-state index is 0.0192. The number of hydrogen-bond donors (Lipinski definition) is 3. The zero-order valence-electron chi connectivity index (χ0n) is 12.2. The second-order valence-electron chi connectivity index (χ2n) is 4.53. The van der Waals surface area contributed by atoms with E-state index in [1.54, 1.807) is 36.4 Å². The van der Waals surface area contributed by atoms with Gasteiger partial charge >= 0.3 is 6.03 Å². The molecule has 0 heterocycles. The molecule has 0 fully saturated rings. The molecule has 0 unspecified atom stereocenters. The smallest absolute Gasteiger partial charge is 0.333 e. The van der Waals surface area contributed by atoms with Gasteiger partial charge in [-0.3, -0.25) is 4.79 Å². The maximum Gasteiger partial charge on any atom is 0.333 e. The van der Waals surface area contributed by atoms with E-state index in [4.69, 9.17) is 0 Å². The lowest BCUT2D eigenvalue weighted by Gasteiger charge is -2.09. The third-order valence-electron chi connectivity index (χ3n) is 2.89. The first-order valence-corrected chi connectivity index (χ1v) is 8.12. The van der Waals surface area contributed by atoms with Gasteiger partial charge in [0, 0.05) is 18.3 Å². The molecule has 23 heavy (non-hydrogen) atoms. The van der Waals surface area contributed by atoms with E-state index in [1.807, 2.05) is 4.72 Å². The largest absolute Gasteiger partial charge is 0.355 e. The molecule has 3 amide bonds. The molecule has 120 valence electrons. The molecule has 0 atom stereocenters. The highest BCUT2D eigenvalue weighted by Crippen LogP contribution is 2.11. The third kappa shape index (κ3) is 4.30. The van der Waals surface area contributed by atoms with Crippen LogP contribution in [0.5, 0.6) is 0 Å². The first kappa shape index (κ1) is 16.5. The van der Waals surface area contributed by atoms with Crippen molar-refractivity contribution in [2.75, 3.05) is 12.4 Å². The summed E-state index contributed by atoms with van der Waals surface area (Å²) in [5, 5.41) is 4.84. The maximum absolute atomic E-state index is 12.0. The predicted molar refractivity (Wildman–Crippen MR) is 85.6 cm³/mol. The van der Waals surface area contributed by atoms with Crippen molar-refractivity contribution in [1.29, 1.82) is 0 Å². The number of carbonyl (C=O) groups is 2. The van der Waals surface area contributed by atoms with Gasteiger partial charge in [0.2, 0.25) is 0 Å². The molecular formula is C15H15N3O4S. The molecule has 0 bridgehead atoms. The van der Waals surface area contributed by atoms with Crippen molar-refractivity contribution in [3.05, 3.63) is 60.2 Å². The van der Waals surface area contributed by atoms with Gasteiger partial charge in [0.1, 0.15) is 0 Å². The normalized spacial score (nSPS) is 10.7. The van der Waals surface area contributed by atoms with Crippen LogP contribution in [0.3, 0.4) is 0 Å². The van der Waals surface area contributed by atoms with Gasteiger partial charge in [0.25, 0.3) is 15.9 Å². The second-order valence-corrected chi connectivity index (χ2v) is 6.22. The van der Waals surface area contributed by atoms with Gasteiger partial charge in [0.15, 0.2) is 0 Å². The summed E-state index contributed by atoms with van der Waals surface area (Å²) in [5.74, 6) is -0.314. The van der Waals surface area contributed by atoms with Crippen molar-refractivity contribution in [1.82, 2.24) is 10.0 Å². The number of amides is 3. The van der Waals surface area contributed by atoms with Crippen LogP contribution in [0.15, 0.2) is 59.5 Å². The molecule has 2 aromatic rings. The van der Waals surface area contributed by atoms with Gasteiger partial charge < -0.3 is 10.6 Å². The fourth-order valence-corrected chi connectivity index (χ4v) is 2.75. The quantitative estimate of drug-likeness (QED) is 0.789. The van der Waals surface area contributed by atoms with Crippen molar-refractivity contribution in [3.8, 4) is 0 Å². The van der Waals surface area contributed by atoms with Crippen molar-refractivity contribution in [2.24, 2.45) is 0 Å². The van der Waals surface area contributed by atoms with Gasteiger partial charge in [0.05, 0.1) is 4.90 Å². The van der Waals surface area contributed by atoms with Crippen molar-refractivity contribution in [3.63, 3.8) is 0 Å². The molecule has 0 aromatic heterocycles. The molecule has 2 rings (SSSR count). The molecule has 0 aliphatic carbocycles. The lowest BCUT2D eigenvalue weighted by molar-refractivity contribution is 0.0963. The van der Waals surface area contributed by atoms with E-state index >= 15 is 0 Å². The maximum atomic E-state index is 12.0. The van der Waals surface area contributed by atoms with Gasteiger partial charge in [-0.05, 0) is 30.3 Å². The number of sulfonamides is 1. The number of nitrogens with one attached hydrogen (secondary N) is 3. The molecule has 0 radical (unpaired) electrons. The number of carbonyl (C=O) groups excluding carboxylic acids is 2. The summed E-state index contributed by atoms with van der Waals surface area (Å²) >= 11 is 0. The van der Waals surface area contributed by atoms with Crippen LogP contribution in [0, 0.1) is 0 Å². The fourth-order valence-electron chi connectivity index (χ4n) is 1.82. The predicted octanol–water partition coefficient (Wildman–Crippen LogP) is 1.56. The van der Waals surface area contributed by atoms with Crippen LogP contribution in [0.1, 0.15) is 10.4 Å². The van der Waals surface area contributed by atoms with E-state index in [0.717, 1.165) is 0 Å². The zero-order valence-corrected chi connectivity index (χ0v) is 13.1. The summed E-state index contributed by atoms with van der Waals surface area (Å²) in [6, 6.07) is 12.7. The van der Waals surface area contributed by atoms with E-state index in [-0.39, 0.29) is 10.8 Å². The van der Waals surface area contributed by atoms with E-state index < -0.39 is 16.1 Å². The van der Waals surface area contributed by atoms with E-state index in [2.05, 4.69) is 10.6 Å². The van der Waals surface area contributed by atoms with Crippen molar-refractivity contribution >= 4 is 27.6 Å². The summed E-state index contributed by atoms with van der Waals surface area (Å²) in [5.41, 5.74) is 0.642. The average molecular weight is 333 g/mol. The summed E-state index contributed by atoms with van der Waals surface area (Å²) < 4.78 is 25.9. The Kier molecular flexibility index (Phi) is 4.97. The number of anilines is 1. The summed E-state index contributed by atoms with van der Waals surface area (Å²) in [4.78, 5) is 23.4. The van der Waals surface area contributed by atoms with E-state index in [1.165, 1.54) is 25.2 Å². The average Bonchev–Trinajstić information content (AvgIpc) is 2.54. The van der Waals surface area contributed by atoms with Crippen molar-refractivity contribution < 1.29 is 18.0 Å². The van der Waals surface area contributed by atoms with Crippen LogP contribution >= 0.6 is 0 Å². The third-order valence-corrected chi connectivity index (χ3v) is 4.24. The van der Waals surface area contributed by atoms with Crippen LogP contribution in [-0.4, -0.2) is 27.4 Å². The Morgan fingerprint density at radius 3 is 2.30 bits per heavy atom. The van der Waals surface area contributed by atoms with Gasteiger partial charge in [-0.25, -0.2) is 17.9 Å². The van der Waals surface area contributed by atoms with Gasteiger partial charge in [-0.2, -0.15) is 0 Å². The Morgan fingerprint density at radius 2 is 1.65 bits per heavy atom. The number of urea groups is 1. The number of hydrogen-bond acceptors (Lipinski definition) is 4. The second kappa shape index (κ2) is 6.93. The molecule has 0 aliphatic rings. The highest BCUT2D eigenvalue weighted by atomic mass is 32.2. The monoisotopic (exact) mass is 333 g/mol. The molecule has 2 aromatic carbocycles. The molecule has 0 spiro atoms. The van der Waals surface area contributed by atoms with Crippen LogP contribution in [0.4, 0.5) is 10.5 Å². The SMILES string of the molecule is CNC(=O)c1cccc(NC(=O)NS(=O)(=O)c2ccccc2)c1. The Labute approximate surface area is 133 Å². The van der Waals surface area contributed by atoms with Gasteiger partial charge in [-0.15, -0.1) is 0 Å². The molecule has 0 aliphatic heterocycles. The summed E-state index contributed by atoms with van der Waals surface area (Å²) in [6.45, 7) is 0. The molecular weight excluding hydrogens is 318 g/mol. The fraction of sp³-hybridized carbons (Fsp3) is 0.0667. The Morgan fingerprint density at radius 1 is 0.957 bits per heavy atom. The highest BCUT2D eigenvalue weighted by molar-refractivity contribution is 7.90. The minimum Gasteiger partial charge on any atom is -0.355 e. The van der Waals surface area contributed by atoms with E-state index in [9.17, 15) is 18.0 Å². The highest BCUT2D eigenvalue weighted by Gasteiger charge is 2.17. The lowest BCUT2D eigenvalue weighted by atomic mass is 10.2. The first-order valence-electron chi connectivity index (χ1n) is 6.63. The summed E-state index contributed by atoms with van der Waals surface area (Å²) in [7, 11) is -2.46. The Hall–Kier alpha value is -2.87. The summed E-state index contributed by atoms with van der Waals surface area (Å²) in [6.07, 6.45) is 0. The Bertz CT molecular complexity index is 820. The van der Waals surface area contributed by atoms with Crippen LogP contribution in [0.2, 0.25) is 0 Å².